The second kappa shape index (κ2) is 6.25. The summed E-state index contributed by atoms with van der Waals surface area (Å²) in [6.07, 6.45) is 1.75. The normalized spacial score (nSPS) is 14.8. The van der Waals surface area contributed by atoms with E-state index in [1.807, 2.05) is 0 Å². The molecule has 3 rings (SSSR count). The number of hydrogen-bond donors (Lipinski definition) is 1. The number of sulfone groups is 1. The fourth-order valence-corrected chi connectivity index (χ4v) is 4.22. The van der Waals surface area contributed by atoms with Gasteiger partial charge in [0.25, 0.3) is 5.16 Å². The zero-order valence-electron chi connectivity index (χ0n) is 12.4. The van der Waals surface area contributed by atoms with E-state index in [-0.39, 0.29) is 27.8 Å². The highest BCUT2D eigenvalue weighted by atomic mass is 79.9. The van der Waals surface area contributed by atoms with Crippen molar-refractivity contribution >= 4 is 31.7 Å². The van der Waals surface area contributed by atoms with Crippen molar-refractivity contribution in [2.24, 2.45) is 5.73 Å². The average Bonchev–Trinajstić information content (AvgIpc) is 3.23. The minimum atomic E-state index is -3.87. The Balaban J connectivity index is 1.96. The predicted octanol–water partition coefficient (Wildman–Crippen LogP) is 1.52. The van der Waals surface area contributed by atoms with E-state index in [4.69, 9.17) is 5.73 Å². The third-order valence-electron chi connectivity index (χ3n) is 3.62. The standard InChI is InChI=1S/C14H14BrFN4O3S/c15-10-5-8(1-4-11(10)16)7-24(22,23)14-19-18-13(9-2-3-9)20(14)6-12(17)21/h1,4-5,9H,2-3,6-7H2,(H2,17,21). The summed E-state index contributed by atoms with van der Waals surface area (Å²) in [5, 5.41) is 7.41. The zero-order chi connectivity index (χ0) is 17.5. The number of nitrogens with zero attached hydrogens (tertiary/aromatic N) is 3. The Morgan fingerprint density at radius 1 is 1.38 bits per heavy atom. The van der Waals surface area contributed by atoms with E-state index in [2.05, 4.69) is 26.1 Å². The molecule has 0 atom stereocenters. The first-order valence-corrected chi connectivity index (χ1v) is 9.60. The van der Waals surface area contributed by atoms with E-state index < -0.39 is 21.6 Å². The zero-order valence-corrected chi connectivity index (χ0v) is 14.8. The number of carbonyl (C=O) groups is 1. The van der Waals surface area contributed by atoms with Gasteiger partial charge in [0.05, 0.1) is 10.2 Å². The second-order valence-electron chi connectivity index (χ2n) is 5.68. The summed E-state index contributed by atoms with van der Waals surface area (Å²) in [7, 11) is -3.87. The van der Waals surface area contributed by atoms with Crippen molar-refractivity contribution in [3.05, 3.63) is 39.9 Å². The van der Waals surface area contributed by atoms with E-state index >= 15 is 0 Å². The number of carbonyl (C=O) groups excluding carboxylic acids is 1. The Morgan fingerprint density at radius 2 is 2.08 bits per heavy atom. The third kappa shape index (κ3) is 3.48. The maximum Gasteiger partial charge on any atom is 0.250 e. The van der Waals surface area contributed by atoms with Gasteiger partial charge in [0.1, 0.15) is 18.2 Å². The van der Waals surface area contributed by atoms with E-state index in [9.17, 15) is 17.6 Å². The monoisotopic (exact) mass is 416 g/mol. The van der Waals surface area contributed by atoms with Crippen LogP contribution in [0.4, 0.5) is 4.39 Å². The molecule has 0 unspecified atom stereocenters. The molecule has 0 saturated heterocycles. The minimum absolute atomic E-state index is 0.112. The van der Waals surface area contributed by atoms with Crippen LogP contribution in [-0.4, -0.2) is 29.1 Å². The summed E-state index contributed by atoms with van der Waals surface area (Å²) < 4.78 is 40.1. The number of halogens is 2. The van der Waals surface area contributed by atoms with E-state index in [1.165, 1.54) is 22.8 Å². The molecule has 0 spiro atoms. The molecule has 1 saturated carbocycles. The van der Waals surface area contributed by atoms with E-state index in [0.717, 1.165) is 12.8 Å². The quantitative estimate of drug-likeness (QED) is 0.767. The lowest BCUT2D eigenvalue weighted by Crippen LogP contribution is -2.23. The molecule has 1 amide bonds. The number of benzene rings is 1. The highest BCUT2D eigenvalue weighted by molar-refractivity contribution is 9.10. The Kier molecular flexibility index (Phi) is 4.43. The maximum atomic E-state index is 13.3. The topological polar surface area (TPSA) is 108 Å². The van der Waals surface area contributed by atoms with Crippen LogP contribution >= 0.6 is 15.9 Å². The lowest BCUT2D eigenvalue weighted by molar-refractivity contribution is -0.118. The molecular formula is C14H14BrFN4O3S. The fourth-order valence-electron chi connectivity index (χ4n) is 2.39. The molecule has 0 radical (unpaired) electrons. The van der Waals surface area contributed by atoms with Gasteiger partial charge < -0.3 is 5.73 Å². The van der Waals surface area contributed by atoms with Crippen LogP contribution < -0.4 is 5.73 Å². The molecule has 0 bridgehead atoms. The lowest BCUT2D eigenvalue weighted by Gasteiger charge is -2.09. The highest BCUT2D eigenvalue weighted by Crippen LogP contribution is 2.39. The molecule has 0 aliphatic heterocycles. The molecule has 1 aliphatic carbocycles. The Hall–Kier alpha value is -1.81. The van der Waals surface area contributed by atoms with Gasteiger partial charge in [-0.2, -0.15) is 0 Å². The number of amides is 1. The molecule has 24 heavy (non-hydrogen) atoms. The Labute approximate surface area is 146 Å². The summed E-state index contributed by atoms with van der Waals surface area (Å²) in [5.41, 5.74) is 5.61. The SMILES string of the molecule is NC(=O)Cn1c(C2CC2)nnc1S(=O)(=O)Cc1ccc(F)c(Br)c1. The number of primary amides is 1. The van der Waals surface area contributed by atoms with Crippen LogP contribution in [-0.2, 0) is 26.9 Å². The summed E-state index contributed by atoms with van der Waals surface area (Å²) in [6, 6.07) is 3.95. The van der Waals surface area contributed by atoms with Crippen LogP contribution in [0, 0.1) is 5.82 Å². The Bertz CT molecular complexity index is 909. The van der Waals surface area contributed by atoms with Crippen LogP contribution in [0.15, 0.2) is 27.8 Å². The highest BCUT2D eigenvalue weighted by Gasteiger charge is 2.34. The molecule has 2 aromatic rings. The first kappa shape index (κ1) is 17.0. The van der Waals surface area contributed by atoms with Gasteiger partial charge in [0.2, 0.25) is 15.7 Å². The second-order valence-corrected chi connectivity index (χ2v) is 8.41. The summed E-state index contributed by atoms with van der Waals surface area (Å²) in [4.78, 5) is 11.3. The lowest BCUT2D eigenvalue weighted by atomic mass is 10.2. The van der Waals surface area contributed by atoms with Gasteiger partial charge in [-0.25, -0.2) is 12.8 Å². The first-order valence-electron chi connectivity index (χ1n) is 7.16. The molecule has 1 aromatic heterocycles. The van der Waals surface area contributed by atoms with Crippen LogP contribution in [0.2, 0.25) is 0 Å². The molecule has 128 valence electrons. The van der Waals surface area contributed by atoms with Gasteiger partial charge in [-0.15, -0.1) is 10.2 Å². The smallest absolute Gasteiger partial charge is 0.250 e. The first-order chi connectivity index (χ1) is 11.3. The molecule has 7 nitrogen and oxygen atoms in total. The fraction of sp³-hybridized carbons (Fsp3) is 0.357. The van der Waals surface area contributed by atoms with Crippen molar-refractivity contribution in [2.45, 2.75) is 36.2 Å². The summed E-state index contributed by atoms with van der Waals surface area (Å²) >= 11 is 3.02. The molecular weight excluding hydrogens is 403 g/mol. The van der Waals surface area contributed by atoms with Crippen LogP contribution in [0.25, 0.3) is 0 Å². The molecule has 10 heteroatoms. The van der Waals surface area contributed by atoms with Gasteiger partial charge in [0.15, 0.2) is 0 Å². The van der Waals surface area contributed by atoms with Crippen molar-refractivity contribution in [1.82, 2.24) is 14.8 Å². The number of hydrogen-bond acceptors (Lipinski definition) is 5. The average molecular weight is 417 g/mol. The number of rotatable bonds is 6. The predicted molar refractivity (Wildman–Crippen MR) is 86.2 cm³/mol. The van der Waals surface area contributed by atoms with Crippen molar-refractivity contribution in [3.63, 3.8) is 0 Å². The molecule has 1 aliphatic rings. The van der Waals surface area contributed by atoms with Gasteiger partial charge in [-0.3, -0.25) is 9.36 Å². The van der Waals surface area contributed by atoms with E-state index in [1.54, 1.807) is 0 Å². The molecule has 1 aromatic carbocycles. The summed E-state index contributed by atoms with van der Waals surface area (Å²) in [5.74, 6) is -0.955. The Morgan fingerprint density at radius 3 is 2.67 bits per heavy atom. The van der Waals surface area contributed by atoms with Gasteiger partial charge in [-0.05, 0) is 46.5 Å². The number of nitrogens with two attached hydrogens (primary N) is 1. The minimum Gasteiger partial charge on any atom is -0.368 e. The molecule has 2 N–H and O–H groups in total. The van der Waals surface area contributed by atoms with E-state index in [0.29, 0.717) is 11.4 Å². The van der Waals surface area contributed by atoms with Gasteiger partial charge in [0, 0.05) is 5.92 Å². The van der Waals surface area contributed by atoms with Gasteiger partial charge >= 0.3 is 0 Å². The number of aromatic nitrogens is 3. The summed E-state index contributed by atoms with van der Waals surface area (Å²) in [6.45, 7) is -0.291. The van der Waals surface area contributed by atoms with Crippen molar-refractivity contribution in [2.75, 3.05) is 0 Å². The largest absolute Gasteiger partial charge is 0.368 e. The van der Waals surface area contributed by atoms with Crippen LogP contribution in [0.5, 0.6) is 0 Å². The third-order valence-corrected chi connectivity index (χ3v) is 5.80. The van der Waals surface area contributed by atoms with Crippen LogP contribution in [0.1, 0.15) is 30.1 Å². The maximum absolute atomic E-state index is 13.3. The molecule has 1 fully saturated rings. The van der Waals surface area contributed by atoms with Crippen LogP contribution in [0.3, 0.4) is 0 Å². The van der Waals surface area contributed by atoms with Gasteiger partial charge in [-0.1, -0.05) is 6.07 Å². The van der Waals surface area contributed by atoms with Crippen molar-refractivity contribution in [1.29, 1.82) is 0 Å². The van der Waals surface area contributed by atoms with Crippen molar-refractivity contribution in [3.8, 4) is 0 Å². The molecule has 1 heterocycles. The van der Waals surface area contributed by atoms with Crippen molar-refractivity contribution < 1.29 is 17.6 Å².